The third-order valence-corrected chi connectivity index (χ3v) is 5.13. The Morgan fingerprint density at radius 2 is 1.78 bits per heavy atom. The molecule has 140 valence electrons. The van der Waals surface area contributed by atoms with E-state index in [1.807, 2.05) is 32.0 Å². The van der Waals surface area contributed by atoms with E-state index in [2.05, 4.69) is 21.8 Å². The maximum atomic E-state index is 6.29. The van der Waals surface area contributed by atoms with Crippen molar-refractivity contribution in [3.05, 3.63) is 74.4 Å². The highest BCUT2D eigenvalue weighted by Gasteiger charge is 2.10. The summed E-state index contributed by atoms with van der Waals surface area (Å²) >= 11 is 23.7. The molecule has 3 rings (SSSR count). The molecule has 0 atom stereocenters. The predicted molar refractivity (Wildman–Crippen MR) is 119 cm³/mol. The number of aromatic nitrogens is 2. The van der Waals surface area contributed by atoms with Crippen molar-refractivity contribution < 1.29 is 0 Å². The second-order valence-corrected chi connectivity index (χ2v) is 7.80. The molecule has 27 heavy (non-hydrogen) atoms. The molecule has 1 heterocycles. The number of anilines is 2. The summed E-state index contributed by atoms with van der Waals surface area (Å²) in [7, 11) is 0. The summed E-state index contributed by atoms with van der Waals surface area (Å²) in [5.74, 6) is 0.485. The molecule has 4 nitrogen and oxygen atoms in total. The van der Waals surface area contributed by atoms with Crippen molar-refractivity contribution in [2.24, 2.45) is 0 Å². The van der Waals surface area contributed by atoms with Gasteiger partial charge in [0.05, 0.1) is 16.6 Å². The zero-order chi connectivity index (χ0) is 19.6. The third kappa shape index (κ3) is 5.14. The van der Waals surface area contributed by atoms with Crippen molar-refractivity contribution in [2.45, 2.75) is 20.4 Å². The molecule has 0 saturated heterocycles. The quantitative estimate of drug-likeness (QED) is 0.467. The smallest absolute Gasteiger partial charge is 0.176 e. The number of nitrogens with one attached hydrogen (secondary N) is 2. The van der Waals surface area contributed by atoms with Gasteiger partial charge in [0.15, 0.2) is 10.9 Å². The number of thiocarbonyl (C=S) groups is 1. The van der Waals surface area contributed by atoms with Crippen LogP contribution in [0, 0.1) is 13.8 Å². The van der Waals surface area contributed by atoms with Crippen molar-refractivity contribution in [1.29, 1.82) is 0 Å². The zero-order valence-electron chi connectivity index (χ0n) is 14.7. The molecule has 0 aliphatic heterocycles. The summed E-state index contributed by atoms with van der Waals surface area (Å²) in [6.45, 7) is 4.58. The van der Waals surface area contributed by atoms with E-state index in [1.165, 1.54) is 5.56 Å². The van der Waals surface area contributed by atoms with E-state index in [1.54, 1.807) is 23.0 Å². The van der Waals surface area contributed by atoms with Gasteiger partial charge >= 0.3 is 0 Å². The lowest BCUT2D eigenvalue weighted by Gasteiger charge is -2.12. The molecule has 0 fully saturated rings. The molecular weight excluding hydrogens is 423 g/mol. The largest absolute Gasteiger partial charge is 0.332 e. The Hall–Kier alpha value is -1.79. The highest BCUT2D eigenvalue weighted by atomic mass is 35.5. The van der Waals surface area contributed by atoms with Crippen LogP contribution in [0.4, 0.5) is 11.5 Å². The van der Waals surface area contributed by atoms with Crippen molar-refractivity contribution in [3.8, 4) is 0 Å². The fourth-order valence-electron chi connectivity index (χ4n) is 2.60. The molecule has 2 N–H and O–H groups in total. The van der Waals surface area contributed by atoms with Gasteiger partial charge < -0.3 is 10.6 Å². The first-order chi connectivity index (χ1) is 12.8. The second kappa shape index (κ2) is 8.48. The maximum Gasteiger partial charge on any atom is 0.176 e. The molecule has 0 amide bonds. The van der Waals surface area contributed by atoms with E-state index in [4.69, 9.17) is 47.0 Å². The average Bonchev–Trinajstić information content (AvgIpc) is 2.93. The lowest BCUT2D eigenvalue weighted by molar-refractivity contribution is 0.690. The summed E-state index contributed by atoms with van der Waals surface area (Å²) in [5, 5.41) is 12.6. The van der Waals surface area contributed by atoms with Crippen LogP contribution in [0.15, 0.2) is 42.6 Å². The van der Waals surface area contributed by atoms with Crippen molar-refractivity contribution in [2.75, 3.05) is 10.6 Å². The molecule has 0 aliphatic carbocycles. The van der Waals surface area contributed by atoms with Gasteiger partial charge in [0, 0.05) is 11.9 Å². The summed E-state index contributed by atoms with van der Waals surface area (Å²) in [4.78, 5) is 0. The highest BCUT2D eigenvalue weighted by molar-refractivity contribution is 7.80. The van der Waals surface area contributed by atoms with E-state index in [0.717, 1.165) is 16.8 Å². The van der Waals surface area contributed by atoms with Crippen LogP contribution < -0.4 is 10.6 Å². The minimum atomic E-state index is 0.420. The average molecular weight is 440 g/mol. The van der Waals surface area contributed by atoms with Gasteiger partial charge in [-0.05, 0) is 55.4 Å². The van der Waals surface area contributed by atoms with Gasteiger partial charge in [-0.25, -0.2) is 0 Å². The van der Waals surface area contributed by atoms with Crippen LogP contribution in [-0.2, 0) is 6.54 Å². The Bertz CT molecular complexity index is 1000. The third-order valence-electron chi connectivity index (χ3n) is 3.91. The van der Waals surface area contributed by atoms with E-state index < -0.39 is 0 Å². The van der Waals surface area contributed by atoms with Gasteiger partial charge in [-0.2, -0.15) is 5.10 Å². The Morgan fingerprint density at radius 1 is 1.00 bits per heavy atom. The number of benzene rings is 2. The van der Waals surface area contributed by atoms with E-state index in [-0.39, 0.29) is 0 Å². The number of aryl methyl sites for hydroxylation is 2. The van der Waals surface area contributed by atoms with Crippen LogP contribution in [0.25, 0.3) is 0 Å². The maximum absolute atomic E-state index is 6.29. The first kappa shape index (κ1) is 20.0. The van der Waals surface area contributed by atoms with Crippen LogP contribution in [0.1, 0.15) is 16.7 Å². The zero-order valence-corrected chi connectivity index (χ0v) is 17.8. The van der Waals surface area contributed by atoms with Gasteiger partial charge in [-0.15, -0.1) is 0 Å². The summed E-state index contributed by atoms with van der Waals surface area (Å²) in [6.07, 6.45) is 1.73. The minimum Gasteiger partial charge on any atom is -0.332 e. The molecule has 0 radical (unpaired) electrons. The number of rotatable bonds is 4. The monoisotopic (exact) mass is 438 g/mol. The number of nitrogens with zero attached hydrogens (tertiary/aromatic N) is 2. The van der Waals surface area contributed by atoms with E-state index in [9.17, 15) is 0 Å². The SMILES string of the molecule is Cc1ccc(NC(=S)Nc2nn(Cc3ccc(Cl)c(Cl)c3)cc2Cl)c(C)c1. The molecule has 0 spiro atoms. The Morgan fingerprint density at radius 3 is 2.48 bits per heavy atom. The van der Waals surface area contributed by atoms with Crippen LogP contribution in [0.2, 0.25) is 15.1 Å². The van der Waals surface area contributed by atoms with E-state index >= 15 is 0 Å². The number of hydrogen-bond acceptors (Lipinski definition) is 2. The number of hydrogen-bond donors (Lipinski definition) is 2. The van der Waals surface area contributed by atoms with Gasteiger partial charge in [0.25, 0.3) is 0 Å². The molecule has 2 aromatic carbocycles. The topological polar surface area (TPSA) is 41.9 Å². The van der Waals surface area contributed by atoms with Gasteiger partial charge in [-0.3, -0.25) is 4.68 Å². The molecule has 0 aliphatic rings. The van der Waals surface area contributed by atoms with Crippen molar-refractivity contribution in [3.63, 3.8) is 0 Å². The molecule has 8 heteroatoms. The Kier molecular flexibility index (Phi) is 6.27. The predicted octanol–water partition coefficient (Wildman–Crippen LogP) is 6.32. The molecule has 3 aromatic rings. The Balaban J connectivity index is 1.68. The lowest BCUT2D eigenvalue weighted by Crippen LogP contribution is -2.20. The summed E-state index contributed by atoms with van der Waals surface area (Å²) in [5.41, 5.74) is 4.20. The fourth-order valence-corrected chi connectivity index (χ4v) is 3.33. The van der Waals surface area contributed by atoms with Crippen molar-refractivity contribution in [1.82, 2.24) is 9.78 Å². The van der Waals surface area contributed by atoms with E-state index in [0.29, 0.717) is 32.5 Å². The van der Waals surface area contributed by atoms with Gasteiger partial charge in [-0.1, -0.05) is 58.6 Å². The lowest BCUT2D eigenvalue weighted by atomic mass is 10.1. The van der Waals surface area contributed by atoms with Crippen molar-refractivity contribution >= 4 is 63.6 Å². The molecule has 0 bridgehead atoms. The fraction of sp³-hybridized carbons (Fsp3) is 0.158. The second-order valence-electron chi connectivity index (χ2n) is 6.17. The molecule has 1 aromatic heterocycles. The summed E-state index contributed by atoms with van der Waals surface area (Å²) in [6, 6.07) is 11.6. The summed E-state index contributed by atoms with van der Waals surface area (Å²) < 4.78 is 1.71. The number of halogens is 3. The first-order valence-electron chi connectivity index (χ1n) is 8.14. The van der Waals surface area contributed by atoms with Gasteiger partial charge in [0.2, 0.25) is 0 Å². The highest BCUT2D eigenvalue weighted by Crippen LogP contribution is 2.25. The van der Waals surface area contributed by atoms with Gasteiger partial charge in [0.1, 0.15) is 5.02 Å². The van der Waals surface area contributed by atoms with Crippen LogP contribution in [-0.4, -0.2) is 14.9 Å². The first-order valence-corrected chi connectivity index (χ1v) is 9.68. The molecule has 0 unspecified atom stereocenters. The van der Waals surface area contributed by atoms with Crippen LogP contribution >= 0.6 is 47.0 Å². The standard InChI is InChI=1S/C19H17Cl3N4S/c1-11-3-6-17(12(2)7-11)23-19(27)24-18-16(22)10-26(25-18)9-13-4-5-14(20)15(21)8-13/h3-8,10H,9H2,1-2H3,(H2,23,24,25,27). The Labute approximate surface area is 178 Å². The molecule has 0 saturated carbocycles. The van der Waals surface area contributed by atoms with Crippen LogP contribution in [0.3, 0.4) is 0 Å². The normalized spacial score (nSPS) is 10.7. The minimum absolute atomic E-state index is 0.420. The van der Waals surface area contributed by atoms with Crippen LogP contribution in [0.5, 0.6) is 0 Å². The molecular formula is C19H17Cl3N4S.